The van der Waals surface area contributed by atoms with Gasteiger partial charge in [0, 0.05) is 31.9 Å². The lowest BCUT2D eigenvalue weighted by Gasteiger charge is -2.21. The zero-order valence-corrected chi connectivity index (χ0v) is 14.6. The molecule has 22 heavy (non-hydrogen) atoms. The topological polar surface area (TPSA) is 71.2 Å². The van der Waals surface area contributed by atoms with E-state index in [1.54, 1.807) is 6.20 Å². The number of aromatic nitrogens is 1. The van der Waals surface area contributed by atoms with Crippen molar-refractivity contribution >= 4 is 36.5 Å². The summed E-state index contributed by atoms with van der Waals surface area (Å²) in [4.78, 5) is 18.7. The Labute approximate surface area is 144 Å². The highest BCUT2D eigenvalue weighted by Gasteiger charge is 2.13. The van der Waals surface area contributed by atoms with Crippen molar-refractivity contribution < 1.29 is 4.79 Å². The maximum atomic E-state index is 11.9. The number of nitrogens with zero attached hydrogens (tertiary/aromatic N) is 2. The molecular weight excluding hydrogens is 323 g/mol. The molecular formula is C15H26Cl2N4O. The van der Waals surface area contributed by atoms with Gasteiger partial charge in [0.25, 0.3) is 5.91 Å². The van der Waals surface area contributed by atoms with E-state index in [9.17, 15) is 4.79 Å². The lowest BCUT2D eigenvalue weighted by atomic mass is 10.2. The van der Waals surface area contributed by atoms with Crippen LogP contribution in [0.25, 0.3) is 0 Å². The predicted molar refractivity (Wildman–Crippen MR) is 95.4 cm³/mol. The van der Waals surface area contributed by atoms with Gasteiger partial charge in [0.1, 0.15) is 5.82 Å². The molecule has 1 atom stereocenters. The summed E-state index contributed by atoms with van der Waals surface area (Å²) in [5, 5.41) is 2.84. The van der Waals surface area contributed by atoms with E-state index in [-0.39, 0.29) is 36.8 Å². The third-order valence-corrected chi connectivity index (χ3v) is 3.67. The standard InChI is InChI=1S/C15H24N4O.2ClH/c1-12(10-16)18-15(20)13-6-7-14(17-11-13)19-8-4-2-3-5-9-19;;/h6-7,11-12H,2-5,8-10,16H2,1H3,(H,18,20);2*1H/t12-;;/m0../s1. The third kappa shape index (κ3) is 5.99. The highest BCUT2D eigenvalue weighted by molar-refractivity contribution is 5.94. The van der Waals surface area contributed by atoms with Crippen LogP contribution in [0.1, 0.15) is 43.0 Å². The monoisotopic (exact) mass is 348 g/mol. The normalized spacial score (nSPS) is 15.8. The highest BCUT2D eigenvalue weighted by atomic mass is 35.5. The summed E-state index contributed by atoms with van der Waals surface area (Å²) in [6.45, 7) is 4.44. The molecule has 1 aromatic rings. The highest BCUT2D eigenvalue weighted by Crippen LogP contribution is 2.17. The van der Waals surface area contributed by atoms with Gasteiger partial charge in [-0.15, -0.1) is 24.8 Å². The molecule has 7 heteroatoms. The molecule has 0 radical (unpaired) electrons. The lowest BCUT2D eigenvalue weighted by molar-refractivity contribution is 0.0941. The second-order valence-electron chi connectivity index (χ2n) is 5.42. The zero-order chi connectivity index (χ0) is 14.4. The van der Waals surface area contributed by atoms with Gasteiger partial charge in [0.15, 0.2) is 0 Å². The fourth-order valence-corrected chi connectivity index (χ4v) is 2.37. The number of nitrogens with one attached hydrogen (secondary N) is 1. The Bertz CT molecular complexity index is 434. The summed E-state index contributed by atoms with van der Waals surface area (Å²) in [5.41, 5.74) is 6.08. The molecule has 2 rings (SSSR count). The van der Waals surface area contributed by atoms with Crippen molar-refractivity contribution in [1.82, 2.24) is 10.3 Å². The fourth-order valence-electron chi connectivity index (χ4n) is 2.37. The van der Waals surface area contributed by atoms with Gasteiger partial charge >= 0.3 is 0 Å². The molecule has 5 nitrogen and oxygen atoms in total. The molecule has 2 heterocycles. The van der Waals surface area contributed by atoms with E-state index >= 15 is 0 Å². The van der Waals surface area contributed by atoms with Crippen molar-refractivity contribution in [3.8, 4) is 0 Å². The fraction of sp³-hybridized carbons (Fsp3) is 0.600. The smallest absolute Gasteiger partial charge is 0.253 e. The molecule has 1 aliphatic heterocycles. The predicted octanol–water partition coefficient (Wildman–Crippen LogP) is 2.38. The molecule has 0 aromatic carbocycles. The molecule has 1 saturated heterocycles. The Kier molecular flexibility index (Phi) is 10.1. The molecule has 1 fully saturated rings. The van der Waals surface area contributed by atoms with Crippen molar-refractivity contribution in [2.75, 3.05) is 24.5 Å². The maximum absolute atomic E-state index is 11.9. The minimum atomic E-state index is -0.113. The first kappa shape index (κ1) is 21.0. The molecule has 0 spiro atoms. The molecule has 3 N–H and O–H groups in total. The molecule has 0 saturated carbocycles. The summed E-state index contributed by atoms with van der Waals surface area (Å²) in [7, 11) is 0. The van der Waals surface area contributed by atoms with Gasteiger partial charge < -0.3 is 16.0 Å². The van der Waals surface area contributed by atoms with Gasteiger partial charge in [-0.1, -0.05) is 12.8 Å². The summed E-state index contributed by atoms with van der Waals surface area (Å²) in [5.74, 6) is 0.855. The first-order valence-electron chi connectivity index (χ1n) is 7.42. The van der Waals surface area contributed by atoms with E-state index < -0.39 is 0 Å². The average Bonchev–Trinajstić information content (AvgIpc) is 2.76. The number of carbonyl (C=O) groups excluding carboxylic acids is 1. The van der Waals surface area contributed by atoms with Crippen LogP contribution in [-0.4, -0.2) is 36.6 Å². The number of hydrogen-bond donors (Lipinski definition) is 2. The number of hydrogen-bond acceptors (Lipinski definition) is 4. The quantitative estimate of drug-likeness (QED) is 0.876. The number of anilines is 1. The second kappa shape index (κ2) is 10.6. The van der Waals surface area contributed by atoms with Crippen molar-refractivity contribution in [1.29, 1.82) is 0 Å². The van der Waals surface area contributed by atoms with E-state index in [1.807, 2.05) is 19.1 Å². The van der Waals surface area contributed by atoms with Crippen molar-refractivity contribution in [2.45, 2.75) is 38.6 Å². The van der Waals surface area contributed by atoms with Crippen LogP contribution in [0.15, 0.2) is 18.3 Å². The van der Waals surface area contributed by atoms with E-state index in [2.05, 4.69) is 15.2 Å². The van der Waals surface area contributed by atoms with Crippen molar-refractivity contribution in [3.05, 3.63) is 23.9 Å². The Balaban J connectivity index is 0.00000220. The second-order valence-corrected chi connectivity index (χ2v) is 5.42. The van der Waals surface area contributed by atoms with Crippen LogP contribution in [0, 0.1) is 0 Å². The molecule has 126 valence electrons. The van der Waals surface area contributed by atoms with Crippen LogP contribution in [0.3, 0.4) is 0 Å². The largest absolute Gasteiger partial charge is 0.357 e. The Morgan fingerprint density at radius 1 is 1.27 bits per heavy atom. The van der Waals surface area contributed by atoms with Gasteiger partial charge in [-0.05, 0) is 31.9 Å². The first-order valence-corrected chi connectivity index (χ1v) is 7.42. The van der Waals surface area contributed by atoms with Gasteiger partial charge in [0.2, 0.25) is 0 Å². The van der Waals surface area contributed by atoms with Crippen LogP contribution < -0.4 is 16.0 Å². The van der Waals surface area contributed by atoms with E-state index in [4.69, 9.17) is 5.73 Å². The lowest BCUT2D eigenvalue weighted by Crippen LogP contribution is -2.37. The van der Waals surface area contributed by atoms with Crippen molar-refractivity contribution in [3.63, 3.8) is 0 Å². The summed E-state index contributed by atoms with van der Waals surface area (Å²) < 4.78 is 0. The summed E-state index contributed by atoms with van der Waals surface area (Å²) >= 11 is 0. The van der Waals surface area contributed by atoms with Crippen LogP contribution in [0.5, 0.6) is 0 Å². The average molecular weight is 349 g/mol. The summed E-state index contributed by atoms with van der Waals surface area (Å²) in [6, 6.07) is 3.76. The molecule has 0 aliphatic carbocycles. The van der Waals surface area contributed by atoms with Crippen LogP contribution >= 0.6 is 24.8 Å². The number of rotatable bonds is 4. The number of carbonyl (C=O) groups is 1. The number of halogens is 2. The minimum absolute atomic E-state index is 0. The van der Waals surface area contributed by atoms with Crippen LogP contribution in [-0.2, 0) is 0 Å². The SMILES string of the molecule is C[C@@H](CN)NC(=O)c1ccc(N2CCCCCC2)nc1.Cl.Cl. The summed E-state index contributed by atoms with van der Waals surface area (Å²) in [6.07, 6.45) is 6.69. The van der Waals surface area contributed by atoms with E-state index in [1.165, 1.54) is 25.7 Å². The van der Waals surface area contributed by atoms with Crippen LogP contribution in [0.2, 0.25) is 0 Å². The van der Waals surface area contributed by atoms with Gasteiger partial charge in [-0.2, -0.15) is 0 Å². The van der Waals surface area contributed by atoms with E-state index in [0.717, 1.165) is 18.9 Å². The first-order chi connectivity index (χ1) is 9.70. The number of nitrogens with two attached hydrogens (primary N) is 1. The molecule has 1 aliphatic rings. The van der Waals surface area contributed by atoms with Gasteiger partial charge in [-0.3, -0.25) is 4.79 Å². The number of pyridine rings is 1. The molecule has 1 amide bonds. The van der Waals surface area contributed by atoms with E-state index in [0.29, 0.717) is 12.1 Å². The van der Waals surface area contributed by atoms with Crippen LogP contribution in [0.4, 0.5) is 5.82 Å². The van der Waals surface area contributed by atoms with Gasteiger partial charge in [0.05, 0.1) is 5.56 Å². The molecule has 0 unspecified atom stereocenters. The zero-order valence-electron chi connectivity index (χ0n) is 13.0. The van der Waals surface area contributed by atoms with Crippen molar-refractivity contribution in [2.24, 2.45) is 5.73 Å². The molecule has 1 aromatic heterocycles. The van der Waals surface area contributed by atoms with Gasteiger partial charge in [-0.25, -0.2) is 4.98 Å². The Morgan fingerprint density at radius 2 is 1.91 bits per heavy atom. The third-order valence-electron chi connectivity index (χ3n) is 3.67. The Hall–Kier alpha value is -1.04. The maximum Gasteiger partial charge on any atom is 0.253 e. The molecule has 0 bridgehead atoms. The minimum Gasteiger partial charge on any atom is -0.357 e. The number of amides is 1. The Morgan fingerprint density at radius 3 is 2.41 bits per heavy atom.